The largest absolute Gasteiger partial charge is 0.298 e. The number of piperazine rings is 1. The second-order valence-electron chi connectivity index (χ2n) is 5.70. The van der Waals surface area contributed by atoms with Gasteiger partial charge >= 0.3 is 0 Å². The van der Waals surface area contributed by atoms with E-state index in [1.807, 2.05) is 0 Å². The van der Waals surface area contributed by atoms with E-state index in [1.165, 1.54) is 38.9 Å². The molecule has 0 radical (unpaired) electrons. The molecule has 0 N–H and O–H groups in total. The van der Waals surface area contributed by atoms with E-state index >= 15 is 0 Å². The second kappa shape index (κ2) is 5.33. The van der Waals surface area contributed by atoms with Crippen molar-refractivity contribution in [2.75, 3.05) is 26.2 Å². The molecule has 92 valence electrons. The van der Waals surface area contributed by atoms with Crippen molar-refractivity contribution in [2.24, 2.45) is 5.92 Å². The summed E-state index contributed by atoms with van der Waals surface area (Å²) in [4.78, 5) is 5.37. The van der Waals surface area contributed by atoms with E-state index in [0.717, 1.165) is 24.5 Å². The van der Waals surface area contributed by atoms with Crippen molar-refractivity contribution in [3.05, 3.63) is 12.7 Å². The van der Waals surface area contributed by atoms with Gasteiger partial charge in [0.25, 0.3) is 0 Å². The van der Waals surface area contributed by atoms with Crippen molar-refractivity contribution in [3.63, 3.8) is 0 Å². The molecule has 0 bridgehead atoms. The predicted octanol–water partition coefficient (Wildman–Crippen LogP) is 2.37. The lowest BCUT2D eigenvalue weighted by Gasteiger charge is -2.49. The maximum atomic E-state index is 3.90. The van der Waals surface area contributed by atoms with Crippen LogP contribution in [0.15, 0.2) is 12.7 Å². The van der Waals surface area contributed by atoms with Crippen LogP contribution in [0, 0.1) is 5.92 Å². The Bertz CT molecular complexity index is 237. The Morgan fingerprint density at radius 3 is 2.81 bits per heavy atom. The van der Waals surface area contributed by atoms with Gasteiger partial charge in [-0.3, -0.25) is 9.80 Å². The molecule has 0 aromatic rings. The zero-order valence-corrected chi connectivity index (χ0v) is 10.9. The summed E-state index contributed by atoms with van der Waals surface area (Å²) in [7, 11) is 0. The Morgan fingerprint density at radius 2 is 2.12 bits per heavy atom. The minimum Gasteiger partial charge on any atom is -0.298 e. The summed E-state index contributed by atoms with van der Waals surface area (Å²) in [6, 6.07) is 1.55. The molecule has 0 saturated carbocycles. The van der Waals surface area contributed by atoms with Crippen LogP contribution in [0.1, 0.15) is 33.1 Å². The van der Waals surface area contributed by atoms with Crippen LogP contribution in [0.2, 0.25) is 0 Å². The number of piperidine rings is 1. The van der Waals surface area contributed by atoms with Gasteiger partial charge in [0.15, 0.2) is 0 Å². The average molecular weight is 222 g/mol. The molecule has 2 rings (SSSR count). The Kier molecular flexibility index (Phi) is 4.04. The molecule has 2 aliphatic rings. The lowest BCUT2D eigenvalue weighted by atomic mass is 9.92. The highest BCUT2D eigenvalue weighted by atomic mass is 15.3. The molecule has 2 heteroatoms. The van der Waals surface area contributed by atoms with E-state index in [4.69, 9.17) is 0 Å². The molecule has 0 amide bonds. The number of hydrogen-bond acceptors (Lipinski definition) is 2. The fraction of sp³-hybridized carbons (Fsp3) is 0.857. The smallest absolute Gasteiger partial charge is 0.0250 e. The molecule has 2 nitrogen and oxygen atoms in total. The fourth-order valence-corrected chi connectivity index (χ4v) is 3.28. The van der Waals surface area contributed by atoms with Gasteiger partial charge in [0.1, 0.15) is 0 Å². The van der Waals surface area contributed by atoms with Gasteiger partial charge in [-0.25, -0.2) is 0 Å². The first-order valence-electron chi connectivity index (χ1n) is 6.81. The minimum absolute atomic E-state index is 0.729. The van der Waals surface area contributed by atoms with Gasteiger partial charge in [-0.05, 0) is 25.3 Å². The predicted molar refractivity (Wildman–Crippen MR) is 69.6 cm³/mol. The third kappa shape index (κ3) is 2.49. The van der Waals surface area contributed by atoms with Gasteiger partial charge in [0.2, 0.25) is 0 Å². The van der Waals surface area contributed by atoms with E-state index in [1.54, 1.807) is 0 Å². The summed E-state index contributed by atoms with van der Waals surface area (Å²) in [6.07, 6.45) is 6.30. The van der Waals surface area contributed by atoms with E-state index in [9.17, 15) is 0 Å². The van der Waals surface area contributed by atoms with Gasteiger partial charge in [-0.1, -0.05) is 26.3 Å². The maximum absolute atomic E-state index is 3.90. The van der Waals surface area contributed by atoms with Crippen molar-refractivity contribution in [2.45, 2.75) is 45.2 Å². The highest BCUT2D eigenvalue weighted by Crippen LogP contribution is 2.26. The third-order valence-corrected chi connectivity index (χ3v) is 4.22. The highest BCUT2D eigenvalue weighted by molar-refractivity contribution is 4.93. The Hall–Kier alpha value is -0.340. The normalized spacial score (nSPS) is 32.7. The summed E-state index contributed by atoms with van der Waals surface area (Å²) in [5, 5.41) is 0. The second-order valence-corrected chi connectivity index (χ2v) is 5.70. The van der Waals surface area contributed by atoms with Crippen molar-refractivity contribution < 1.29 is 0 Å². The Labute approximate surface area is 100 Å². The number of hydrogen-bond donors (Lipinski definition) is 0. The van der Waals surface area contributed by atoms with Crippen LogP contribution in [0.3, 0.4) is 0 Å². The summed E-state index contributed by atoms with van der Waals surface area (Å²) in [6.45, 7) is 13.5. The molecule has 0 aromatic heterocycles. The van der Waals surface area contributed by atoms with Gasteiger partial charge < -0.3 is 0 Å². The van der Waals surface area contributed by atoms with Gasteiger partial charge in [-0.15, -0.1) is 6.58 Å². The van der Waals surface area contributed by atoms with Crippen molar-refractivity contribution in [1.29, 1.82) is 0 Å². The summed E-state index contributed by atoms with van der Waals surface area (Å²) >= 11 is 0. The van der Waals surface area contributed by atoms with Crippen LogP contribution in [-0.4, -0.2) is 48.1 Å². The number of rotatable bonds is 3. The lowest BCUT2D eigenvalue weighted by molar-refractivity contribution is -0.00120. The topological polar surface area (TPSA) is 6.48 Å². The van der Waals surface area contributed by atoms with Gasteiger partial charge in [-0.2, -0.15) is 0 Å². The SMILES string of the molecule is C=CCN1CC2CCCCN2CC1C(C)C. The molecule has 2 unspecified atom stereocenters. The Morgan fingerprint density at radius 1 is 1.31 bits per heavy atom. The van der Waals surface area contributed by atoms with Crippen LogP contribution in [0.5, 0.6) is 0 Å². The summed E-state index contributed by atoms with van der Waals surface area (Å²) in [5.41, 5.74) is 0. The molecule has 0 spiro atoms. The van der Waals surface area contributed by atoms with Crippen LogP contribution >= 0.6 is 0 Å². The molecular weight excluding hydrogens is 196 g/mol. The van der Waals surface area contributed by atoms with E-state index in [-0.39, 0.29) is 0 Å². The third-order valence-electron chi connectivity index (χ3n) is 4.22. The molecule has 2 atom stereocenters. The molecule has 16 heavy (non-hydrogen) atoms. The van der Waals surface area contributed by atoms with Crippen LogP contribution in [-0.2, 0) is 0 Å². The minimum atomic E-state index is 0.729. The monoisotopic (exact) mass is 222 g/mol. The van der Waals surface area contributed by atoms with E-state index in [2.05, 4.69) is 36.3 Å². The van der Waals surface area contributed by atoms with Crippen molar-refractivity contribution in [3.8, 4) is 0 Å². The summed E-state index contributed by atoms with van der Waals surface area (Å²) in [5.74, 6) is 0.753. The molecule has 2 saturated heterocycles. The summed E-state index contributed by atoms with van der Waals surface area (Å²) < 4.78 is 0. The highest BCUT2D eigenvalue weighted by Gasteiger charge is 2.35. The van der Waals surface area contributed by atoms with Crippen LogP contribution < -0.4 is 0 Å². The lowest BCUT2D eigenvalue weighted by Crippen LogP contribution is -2.60. The number of nitrogens with zero attached hydrogens (tertiary/aromatic N) is 2. The first-order chi connectivity index (χ1) is 7.72. The van der Waals surface area contributed by atoms with Crippen molar-refractivity contribution in [1.82, 2.24) is 9.80 Å². The maximum Gasteiger partial charge on any atom is 0.0250 e. The fourth-order valence-electron chi connectivity index (χ4n) is 3.28. The quantitative estimate of drug-likeness (QED) is 0.676. The van der Waals surface area contributed by atoms with Gasteiger partial charge in [0.05, 0.1) is 0 Å². The van der Waals surface area contributed by atoms with E-state index < -0.39 is 0 Å². The first kappa shape index (κ1) is 12.1. The first-order valence-corrected chi connectivity index (χ1v) is 6.81. The Balaban J connectivity index is 2.03. The molecule has 2 heterocycles. The molecular formula is C14H26N2. The molecule has 2 fully saturated rings. The zero-order valence-electron chi connectivity index (χ0n) is 10.9. The van der Waals surface area contributed by atoms with Crippen LogP contribution in [0.4, 0.5) is 0 Å². The van der Waals surface area contributed by atoms with E-state index in [0.29, 0.717) is 0 Å². The molecule has 0 aliphatic carbocycles. The zero-order chi connectivity index (χ0) is 11.5. The number of fused-ring (bicyclic) bond motifs is 1. The van der Waals surface area contributed by atoms with Gasteiger partial charge in [0, 0.05) is 31.7 Å². The molecule has 2 aliphatic heterocycles. The standard InChI is InChI=1S/C14H26N2/c1-4-8-16-10-13-7-5-6-9-15(13)11-14(16)12(2)3/h4,12-14H,1,5-11H2,2-3H3. The van der Waals surface area contributed by atoms with Crippen LogP contribution in [0.25, 0.3) is 0 Å². The van der Waals surface area contributed by atoms with Crippen molar-refractivity contribution >= 4 is 0 Å². The molecule has 0 aromatic carbocycles. The average Bonchev–Trinajstić information content (AvgIpc) is 2.28.